The van der Waals surface area contributed by atoms with Crippen LogP contribution < -0.4 is 5.32 Å². The van der Waals surface area contributed by atoms with Crippen molar-refractivity contribution in [2.24, 2.45) is 5.92 Å². The summed E-state index contributed by atoms with van der Waals surface area (Å²) in [6.07, 6.45) is 1.78. The zero-order chi connectivity index (χ0) is 8.43. The molecule has 4 heteroatoms. The van der Waals surface area contributed by atoms with Gasteiger partial charge < -0.3 is 10.4 Å². The summed E-state index contributed by atoms with van der Waals surface area (Å²) in [7, 11) is 0. The Bertz CT molecular complexity index is 163. The molecule has 0 aliphatic carbocycles. The smallest absolute Gasteiger partial charge is 0.308 e. The van der Waals surface area contributed by atoms with Crippen LogP contribution in [0.2, 0.25) is 0 Å². The maximum Gasteiger partial charge on any atom is 0.308 e. The topological polar surface area (TPSA) is 49.3 Å². The lowest BCUT2D eigenvalue weighted by Crippen LogP contribution is -2.47. The van der Waals surface area contributed by atoms with E-state index in [1.807, 2.05) is 6.92 Å². The van der Waals surface area contributed by atoms with E-state index in [2.05, 4.69) is 12.2 Å². The first-order valence-corrected chi connectivity index (χ1v) is 4.10. The average Bonchev–Trinajstić information content (AvgIpc) is 1.85. The Kier molecular flexibility index (Phi) is 4.57. The summed E-state index contributed by atoms with van der Waals surface area (Å²) in [6, 6.07) is 0.594. The van der Waals surface area contributed by atoms with E-state index in [9.17, 15) is 4.79 Å². The Labute approximate surface area is 78.9 Å². The molecule has 0 saturated carbocycles. The molecule has 1 aliphatic heterocycles. The minimum Gasteiger partial charge on any atom is -0.481 e. The molecule has 1 saturated heterocycles. The minimum atomic E-state index is -0.670. The molecule has 0 amide bonds. The van der Waals surface area contributed by atoms with E-state index >= 15 is 0 Å². The highest BCUT2D eigenvalue weighted by molar-refractivity contribution is 5.85. The quantitative estimate of drug-likeness (QED) is 0.660. The number of carbonyl (C=O) groups is 1. The molecule has 2 N–H and O–H groups in total. The van der Waals surface area contributed by atoms with Gasteiger partial charge in [-0.3, -0.25) is 4.79 Å². The zero-order valence-corrected chi connectivity index (χ0v) is 8.23. The first-order chi connectivity index (χ1) is 5.11. The molecule has 0 aromatic carbocycles. The number of piperidine rings is 1. The Morgan fingerprint density at radius 2 is 2.00 bits per heavy atom. The van der Waals surface area contributed by atoms with Gasteiger partial charge in [0.15, 0.2) is 0 Å². The van der Waals surface area contributed by atoms with E-state index in [1.165, 1.54) is 0 Å². The lowest BCUT2D eigenvalue weighted by molar-refractivity contribution is -0.143. The van der Waals surface area contributed by atoms with E-state index in [0.29, 0.717) is 6.04 Å². The van der Waals surface area contributed by atoms with E-state index in [1.54, 1.807) is 0 Å². The van der Waals surface area contributed by atoms with Gasteiger partial charge in [-0.2, -0.15) is 0 Å². The van der Waals surface area contributed by atoms with Gasteiger partial charge in [0.25, 0.3) is 0 Å². The van der Waals surface area contributed by atoms with Crippen molar-refractivity contribution in [3.05, 3.63) is 0 Å². The molecule has 1 rings (SSSR count). The number of carboxylic acid groups (broad SMARTS) is 1. The van der Waals surface area contributed by atoms with Crippen LogP contribution in [-0.2, 0) is 4.79 Å². The summed E-state index contributed by atoms with van der Waals surface area (Å²) in [4.78, 5) is 10.6. The molecule has 1 fully saturated rings. The van der Waals surface area contributed by atoms with Gasteiger partial charge in [-0.15, -0.1) is 12.4 Å². The van der Waals surface area contributed by atoms with Crippen LogP contribution in [0.25, 0.3) is 0 Å². The van der Waals surface area contributed by atoms with Gasteiger partial charge in [0.05, 0.1) is 5.92 Å². The lowest BCUT2D eigenvalue weighted by atomic mass is 9.89. The van der Waals surface area contributed by atoms with Crippen molar-refractivity contribution in [2.75, 3.05) is 0 Å². The molecule has 0 aromatic heterocycles. The Hall–Kier alpha value is -0.280. The fourth-order valence-corrected chi connectivity index (χ4v) is 1.67. The van der Waals surface area contributed by atoms with Crippen LogP contribution in [0.1, 0.15) is 26.7 Å². The maximum absolute atomic E-state index is 10.6. The number of aliphatic carboxylic acids is 1. The van der Waals surface area contributed by atoms with Crippen LogP contribution in [0.5, 0.6) is 0 Å². The molecular formula is C8H16ClNO2. The van der Waals surface area contributed by atoms with E-state index < -0.39 is 5.97 Å². The average molecular weight is 194 g/mol. The van der Waals surface area contributed by atoms with Crippen LogP contribution in [0, 0.1) is 5.92 Å². The third-order valence-corrected chi connectivity index (χ3v) is 2.38. The van der Waals surface area contributed by atoms with Crippen molar-refractivity contribution in [1.29, 1.82) is 0 Å². The summed E-state index contributed by atoms with van der Waals surface area (Å²) in [5, 5.41) is 12.0. The van der Waals surface area contributed by atoms with Crippen molar-refractivity contribution in [1.82, 2.24) is 5.32 Å². The molecule has 1 heterocycles. The molecule has 0 unspecified atom stereocenters. The number of nitrogens with one attached hydrogen (secondary N) is 1. The Morgan fingerprint density at radius 1 is 1.42 bits per heavy atom. The summed E-state index contributed by atoms with van der Waals surface area (Å²) in [6.45, 7) is 4.03. The number of carboxylic acids is 1. The van der Waals surface area contributed by atoms with Crippen molar-refractivity contribution >= 4 is 18.4 Å². The fourth-order valence-electron chi connectivity index (χ4n) is 1.67. The van der Waals surface area contributed by atoms with E-state index in [-0.39, 0.29) is 24.4 Å². The van der Waals surface area contributed by atoms with Crippen LogP contribution >= 0.6 is 12.4 Å². The molecule has 1 aliphatic rings. The molecule has 0 radical (unpaired) electrons. The van der Waals surface area contributed by atoms with Crippen LogP contribution in [-0.4, -0.2) is 23.2 Å². The predicted octanol–water partition coefficient (Wildman–Crippen LogP) is 1.27. The molecule has 72 valence electrons. The first-order valence-electron chi connectivity index (χ1n) is 4.10. The van der Waals surface area contributed by atoms with Crippen molar-refractivity contribution in [2.45, 2.75) is 38.8 Å². The molecule has 0 aromatic rings. The highest BCUT2D eigenvalue weighted by Gasteiger charge is 2.29. The molecular weight excluding hydrogens is 178 g/mol. The van der Waals surface area contributed by atoms with Gasteiger partial charge in [-0.1, -0.05) is 0 Å². The Balaban J connectivity index is 0.00000121. The summed E-state index contributed by atoms with van der Waals surface area (Å²) >= 11 is 0. The fraction of sp³-hybridized carbons (Fsp3) is 0.875. The third kappa shape index (κ3) is 2.64. The first kappa shape index (κ1) is 11.7. The number of hydrogen-bond acceptors (Lipinski definition) is 2. The lowest BCUT2D eigenvalue weighted by Gasteiger charge is -2.31. The van der Waals surface area contributed by atoms with E-state index in [0.717, 1.165) is 12.8 Å². The largest absolute Gasteiger partial charge is 0.481 e. The highest BCUT2D eigenvalue weighted by atomic mass is 35.5. The number of hydrogen-bond donors (Lipinski definition) is 2. The number of halogens is 1. The SMILES string of the molecule is C[C@@H]1CC[C@H](C(=O)O)[C@H](C)N1.Cl. The highest BCUT2D eigenvalue weighted by Crippen LogP contribution is 2.19. The molecule has 12 heavy (non-hydrogen) atoms. The van der Waals surface area contributed by atoms with Crippen LogP contribution in [0.4, 0.5) is 0 Å². The second kappa shape index (κ2) is 4.67. The summed E-state index contributed by atoms with van der Waals surface area (Å²) in [5.41, 5.74) is 0. The van der Waals surface area contributed by atoms with Crippen molar-refractivity contribution < 1.29 is 9.90 Å². The molecule has 3 nitrogen and oxygen atoms in total. The summed E-state index contributed by atoms with van der Waals surface area (Å²) < 4.78 is 0. The van der Waals surface area contributed by atoms with Gasteiger partial charge in [-0.05, 0) is 26.7 Å². The van der Waals surface area contributed by atoms with Gasteiger partial charge in [-0.25, -0.2) is 0 Å². The number of rotatable bonds is 1. The summed E-state index contributed by atoms with van der Waals surface area (Å²) in [5.74, 6) is -0.858. The normalized spacial score (nSPS) is 35.3. The Morgan fingerprint density at radius 3 is 2.42 bits per heavy atom. The van der Waals surface area contributed by atoms with Gasteiger partial charge >= 0.3 is 5.97 Å². The van der Waals surface area contributed by atoms with Gasteiger partial charge in [0, 0.05) is 12.1 Å². The van der Waals surface area contributed by atoms with Crippen LogP contribution in [0.15, 0.2) is 0 Å². The third-order valence-electron chi connectivity index (χ3n) is 2.38. The van der Waals surface area contributed by atoms with E-state index in [4.69, 9.17) is 5.11 Å². The van der Waals surface area contributed by atoms with Gasteiger partial charge in [0.1, 0.15) is 0 Å². The maximum atomic E-state index is 10.6. The second-order valence-electron chi connectivity index (χ2n) is 3.38. The van der Waals surface area contributed by atoms with Gasteiger partial charge in [0.2, 0.25) is 0 Å². The van der Waals surface area contributed by atoms with Crippen LogP contribution in [0.3, 0.4) is 0 Å². The zero-order valence-electron chi connectivity index (χ0n) is 7.41. The monoisotopic (exact) mass is 193 g/mol. The molecule has 0 spiro atoms. The minimum absolute atomic E-state index is 0. The van der Waals surface area contributed by atoms with Crippen molar-refractivity contribution in [3.63, 3.8) is 0 Å². The predicted molar refractivity (Wildman–Crippen MR) is 49.7 cm³/mol. The molecule has 0 bridgehead atoms. The standard InChI is InChI=1S/C8H15NO2.ClH/c1-5-3-4-7(8(10)11)6(2)9-5;/h5-7,9H,3-4H2,1-2H3,(H,10,11);1H/t5-,6+,7+;/m1./s1. The van der Waals surface area contributed by atoms with Crippen molar-refractivity contribution in [3.8, 4) is 0 Å². The molecule has 3 atom stereocenters. The second-order valence-corrected chi connectivity index (χ2v) is 3.38.